The zero-order valence-corrected chi connectivity index (χ0v) is 8.94. The number of hydroxylamine groups is 1. The molecule has 5 nitrogen and oxygen atoms in total. The van der Waals surface area contributed by atoms with Gasteiger partial charge in [0, 0.05) is 37.4 Å². The molecule has 0 aliphatic carbocycles. The minimum atomic E-state index is -0.480. The van der Waals surface area contributed by atoms with Gasteiger partial charge in [0.1, 0.15) is 0 Å². The number of piperazine rings is 1. The quantitative estimate of drug-likeness (QED) is 0.493. The molecule has 0 saturated carbocycles. The average molecular weight is 221 g/mol. The fourth-order valence-corrected chi connectivity index (χ4v) is 1.81. The van der Waals surface area contributed by atoms with Crippen LogP contribution in [-0.2, 0) is 0 Å². The monoisotopic (exact) mass is 221 g/mol. The largest absolute Gasteiger partial charge is 0.369 e. The van der Waals surface area contributed by atoms with Crippen LogP contribution in [0.5, 0.6) is 0 Å². The van der Waals surface area contributed by atoms with Crippen molar-refractivity contribution < 1.29 is 10.0 Å². The van der Waals surface area contributed by atoms with Gasteiger partial charge in [0.15, 0.2) is 0 Å². The maximum atomic E-state index is 11.1. The van der Waals surface area contributed by atoms with Gasteiger partial charge < -0.3 is 10.2 Å². The Hall–Kier alpha value is -1.59. The highest BCUT2D eigenvalue weighted by Gasteiger charge is 2.11. The molecule has 1 aliphatic rings. The molecule has 86 valence electrons. The van der Waals surface area contributed by atoms with Gasteiger partial charge in [-0.1, -0.05) is 0 Å². The van der Waals surface area contributed by atoms with E-state index < -0.39 is 5.91 Å². The van der Waals surface area contributed by atoms with E-state index >= 15 is 0 Å². The minimum Gasteiger partial charge on any atom is -0.369 e. The third kappa shape index (κ3) is 2.32. The molecule has 1 fully saturated rings. The van der Waals surface area contributed by atoms with Crippen molar-refractivity contribution in [3.63, 3.8) is 0 Å². The number of hydrogen-bond donors (Lipinski definition) is 3. The van der Waals surface area contributed by atoms with Crippen molar-refractivity contribution in [2.24, 2.45) is 0 Å². The van der Waals surface area contributed by atoms with Gasteiger partial charge in [0.25, 0.3) is 5.91 Å². The van der Waals surface area contributed by atoms with Crippen molar-refractivity contribution in [2.75, 3.05) is 31.1 Å². The van der Waals surface area contributed by atoms with Crippen LogP contribution in [0.1, 0.15) is 10.4 Å². The Morgan fingerprint density at radius 3 is 2.44 bits per heavy atom. The van der Waals surface area contributed by atoms with Crippen LogP contribution < -0.4 is 15.7 Å². The molecule has 1 amide bonds. The van der Waals surface area contributed by atoms with Crippen LogP contribution in [0.25, 0.3) is 0 Å². The third-order valence-electron chi connectivity index (χ3n) is 2.71. The number of carbonyl (C=O) groups excluding carboxylic acids is 1. The number of nitrogens with one attached hydrogen (secondary N) is 2. The zero-order valence-electron chi connectivity index (χ0n) is 8.94. The number of hydrogen-bond acceptors (Lipinski definition) is 4. The highest BCUT2D eigenvalue weighted by molar-refractivity contribution is 5.93. The highest BCUT2D eigenvalue weighted by Crippen LogP contribution is 2.15. The van der Waals surface area contributed by atoms with E-state index in [4.69, 9.17) is 5.21 Å². The van der Waals surface area contributed by atoms with Gasteiger partial charge in [-0.15, -0.1) is 0 Å². The van der Waals surface area contributed by atoms with Gasteiger partial charge in [-0.05, 0) is 24.3 Å². The number of rotatable bonds is 2. The molecule has 2 rings (SSSR count). The summed E-state index contributed by atoms with van der Waals surface area (Å²) in [6.07, 6.45) is 0. The number of carbonyl (C=O) groups is 1. The van der Waals surface area contributed by atoms with E-state index in [1.807, 2.05) is 12.1 Å². The summed E-state index contributed by atoms with van der Waals surface area (Å²) in [5.41, 5.74) is 3.18. The summed E-state index contributed by atoms with van der Waals surface area (Å²) in [7, 11) is 0. The molecule has 1 heterocycles. The van der Waals surface area contributed by atoms with E-state index in [1.54, 1.807) is 17.6 Å². The lowest BCUT2D eigenvalue weighted by Gasteiger charge is -2.29. The Morgan fingerprint density at radius 1 is 1.25 bits per heavy atom. The lowest BCUT2D eigenvalue weighted by atomic mass is 10.2. The topological polar surface area (TPSA) is 64.6 Å². The van der Waals surface area contributed by atoms with Gasteiger partial charge in [0.2, 0.25) is 0 Å². The fraction of sp³-hybridized carbons (Fsp3) is 0.364. The van der Waals surface area contributed by atoms with E-state index in [1.165, 1.54) is 0 Å². The predicted octanol–water partition coefficient (Wildman–Crippen LogP) is 0.215. The van der Waals surface area contributed by atoms with Crippen molar-refractivity contribution in [3.05, 3.63) is 29.8 Å². The first-order valence-electron chi connectivity index (χ1n) is 5.31. The molecule has 0 atom stereocenters. The van der Waals surface area contributed by atoms with Crippen molar-refractivity contribution in [2.45, 2.75) is 0 Å². The molecule has 5 heteroatoms. The number of benzene rings is 1. The second-order valence-electron chi connectivity index (χ2n) is 3.72. The summed E-state index contributed by atoms with van der Waals surface area (Å²) < 4.78 is 0. The van der Waals surface area contributed by atoms with Crippen LogP contribution in [0, 0.1) is 0 Å². The molecule has 0 aromatic heterocycles. The van der Waals surface area contributed by atoms with Gasteiger partial charge in [-0.2, -0.15) is 0 Å². The van der Waals surface area contributed by atoms with E-state index in [9.17, 15) is 4.79 Å². The normalized spacial score (nSPS) is 15.9. The molecule has 16 heavy (non-hydrogen) atoms. The molecule has 1 saturated heterocycles. The summed E-state index contributed by atoms with van der Waals surface area (Å²) in [4.78, 5) is 13.4. The summed E-state index contributed by atoms with van der Waals surface area (Å²) in [5.74, 6) is -0.480. The first-order valence-corrected chi connectivity index (χ1v) is 5.31. The maximum absolute atomic E-state index is 11.1. The van der Waals surface area contributed by atoms with E-state index in [0.717, 1.165) is 31.9 Å². The average Bonchev–Trinajstić information content (AvgIpc) is 2.39. The van der Waals surface area contributed by atoms with Crippen LogP contribution >= 0.6 is 0 Å². The number of nitrogens with zero attached hydrogens (tertiary/aromatic N) is 1. The first-order chi connectivity index (χ1) is 7.81. The van der Waals surface area contributed by atoms with Gasteiger partial charge in [0.05, 0.1) is 0 Å². The first kappa shape index (κ1) is 10.9. The van der Waals surface area contributed by atoms with Crippen LogP contribution in [0.3, 0.4) is 0 Å². The molecule has 1 aliphatic heterocycles. The van der Waals surface area contributed by atoms with Gasteiger partial charge >= 0.3 is 0 Å². The summed E-state index contributed by atoms with van der Waals surface area (Å²) >= 11 is 0. The second kappa shape index (κ2) is 4.96. The van der Waals surface area contributed by atoms with E-state index in [0.29, 0.717) is 5.56 Å². The molecule has 0 bridgehead atoms. The van der Waals surface area contributed by atoms with Crippen LogP contribution in [0.2, 0.25) is 0 Å². The molecular formula is C11H15N3O2. The molecule has 1 aromatic rings. The Kier molecular flexibility index (Phi) is 3.38. The molecule has 3 N–H and O–H groups in total. The van der Waals surface area contributed by atoms with E-state index in [-0.39, 0.29) is 0 Å². The molecule has 1 aromatic carbocycles. The molecule has 0 spiro atoms. The SMILES string of the molecule is O=C(NO)c1ccc(N2CCNCC2)cc1. The van der Waals surface area contributed by atoms with Crippen LogP contribution in [-0.4, -0.2) is 37.3 Å². The van der Waals surface area contributed by atoms with Gasteiger partial charge in [-0.25, -0.2) is 5.48 Å². The molecule has 0 radical (unpaired) electrons. The zero-order chi connectivity index (χ0) is 11.4. The summed E-state index contributed by atoms with van der Waals surface area (Å²) in [5, 5.41) is 11.8. The van der Waals surface area contributed by atoms with Crippen LogP contribution in [0.15, 0.2) is 24.3 Å². The number of amides is 1. The summed E-state index contributed by atoms with van der Waals surface area (Å²) in [6.45, 7) is 3.93. The number of anilines is 1. The predicted molar refractivity (Wildman–Crippen MR) is 60.8 cm³/mol. The van der Waals surface area contributed by atoms with Crippen LogP contribution in [0.4, 0.5) is 5.69 Å². The lowest BCUT2D eigenvalue weighted by molar-refractivity contribution is 0.0706. The molecule has 0 unspecified atom stereocenters. The van der Waals surface area contributed by atoms with E-state index in [2.05, 4.69) is 10.2 Å². The Labute approximate surface area is 94.0 Å². The third-order valence-corrected chi connectivity index (χ3v) is 2.71. The van der Waals surface area contributed by atoms with Crippen molar-refractivity contribution in [1.82, 2.24) is 10.8 Å². The Balaban J connectivity index is 2.09. The standard InChI is InChI=1S/C11H15N3O2/c15-11(13-16)9-1-3-10(4-2-9)14-7-5-12-6-8-14/h1-4,12,16H,5-8H2,(H,13,15). The van der Waals surface area contributed by atoms with Crippen molar-refractivity contribution >= 4 is 11.6 Å². The highest BCUT2D eigenvalue weighted by atomic mass is 16.5. The van der Waals surface area contributed by atoms with Gasteiger partial charge in [-0.3, -0.25) is 10.0 Å². The fourth-order valence-electron chi connectivity index (χ4n) is 1.81. The second-order valence-corrected chi connectivity index (χ2v) is 3.72. The maximum Gasteiger partial charge on any atom is 0.274 e. The summed E-state index contributed by atoms with van der Waals surface area (Å²) in [6, 6.07) is 7.22. The Bertz CT molecular complexity index is 358. The van der Waals surface area contributed by atoms with Crippen molar-refractivity contribution in [3.8, 4) is 0 Å². The smallest absolute Gasteiger partial charge is 0.274 e. The molecular weight excluding hydrogens is 206 g/mol. The lowest BCUT2D eigenvalue weighted by Crippen LogP contribution is -2.43. The minimum absolute atomic E-state index is 0.460. The Morgan fingerprint density at radius 2 is 1.88 bits per heavy atom. The van der Waals surface area contributed by atoms with Crippen molar-refractivity contribution in [1.29, 1.82) is 0 Å².